The van der Waals surface area contributed by atoms with Crippen molar-refractivity contribution in [3.05, 3.63) is 29.8 Å². The van der Waals surface area contributed by atoms with Gasteiger partial charge in [-0.1, -0.05) is 18.2 Å². The monoisotopic (exact) mass is 261 g/mol. The molecule has 18 heavy (non-hydrogen) atoms. The van der Waals surface area contributed by atoms with E-state index in [-0.39, 0.29) is 0 Å². The maximum absolute atomic E-state index is 6.03. The van der Waals surface area contributed by atoms with Crippen molar-refractivity contribution < 1.29 is 0 Å². The van der Waals surface area contributed by atoms with E-state index in [0.717, 1.165) is 12.3 Å². The molecule has 0 spiro atoms. The van der Waals surface area contributed by atoms with Gasteiger partial charge in [-0.3, -0.25) is 4.99 Å². The zero-order chi connectivity index (χ0) is 12.5. The van der Waals surface area contributed by atoms with E-state index >= 15 is 0 Å². The molecule has 1 fully saturated rings. The SMILES string of the molecule is CN(C(N)=NCC1CSc2ccccc21)C1CC1. The smallest absolute Gasteiger partial charge is 0.191 e. The fraction of sp³-hybridized carbons (Fsp3) is 0.500. The second-order valence-corrected chi connectivity index (χ2v) is 6.15. The lowest BCUT2D eigenvalue weighted by Crippen LogP contribution is -2.36. The summed E-state index contributed by atoms with van der Waals surface area (Å²) in [5.41, 5.74) is 7.46. The van der Waals surface area contributed by atoms with E-state index in [4.69, 9.17) is 5.73 Å². The summed E-state index contributed by atoms with van der Waals surface area (Å²) in [5, 5.41) is 0. The topological polar surface area (TPSA) is 41.6 Å². The van der Waals surface area contributed by atoms with E-state index in [0.29, 0.717) is 17.9 Å². The second-order valence-electron chi connectivity index (χ2n) is 5.09. The molecular weight excluding hydrogens is 242 g/mol. The van der Waals surface area contributed by atoms with Crippen LogP contribution in [0.15, 0.2) is 34.2 Å². The first-order valence-corrected chi connectivity index (χ1v) is 7.48. The summed E-state index contributed by atoms with van der Waals surface area (Å²) in [6, 6.07) is 9.27. The summed E-state index contributed by atoms with van der Waals surface area (Å²) in [7, 11) is 2.05. The molecule has 1 atom stereocenters. The van der Waals surface area contributed by atoms with Crippen molar-refractivity contribution in [3.8, 4) is 0 Å². The highest BCUT2D eigenvalue weighted by atomic mass is 32.2. The first-order valence-electron chi connectivity index (χ1n) is 6.50. The molecule has 0 radical (unpaired) electrons. The van der Waals surface area contributed by atoms with Gasteiger partial charge < -0.3 is 10.6 Å². The van der Waals surface area contributed by atoms with Gasteiger partial charge in [0.1, 0.15) is 0 Å². The Balaban J connectivity index is 1.65. The molecule has 1 unspecified atom stereocenters. The van der Waals surface area contributed by atoms with Crippen molar-refractivity contribution in [2.24, 2.45) is 10.7 Å². The Morgan fingerprint density at radius 1 is 1.44 bits per heavy atom. The molecular formula is C14H19N3S. The maximum atomic E-state index is 6.03. The number of hydrogen-bond donors (Lipinski definition) is 1. The van der Waals surface area contributed by atoms with Crippen molar-refractivity contribution in [2.75, 3.05) is 19.3 Å². The van der Waals surface area contributed by atoms with Gasteiger partial charge in [0.25, 0.3) is 0 Å². The summed E-state index contributed by atoms with van der Waals surface area (Å²) in [6.07, 6.45) is 2.52. The summed E-state index contributed by atoms with van der Waals surface area (Å²) >= 11 is 1.93. The van der Waals surface area contributed by atoms with Crippen LogP contribution in [-0.2, 0) is 0 Å². The van der Waals surface area contributed by atoms with Crippen molar-refractivity contribution in [1.82, 2.24) is 4.90 Å². The Kier molecular flexibility index (Phi) is 3.20. The quantitative estimate of drug-likeness (QED) is 0.670. The minimum atomic E-state index is 0.525. The Hall–Kier alpha value is -1.16. The third-order valence-electron chi connectivity index (χ3n) is 3.73. The molecule has 1 aromatic rings. The summed E-state index contributed by atoms with van der Waals surface area (Å²) in [6.45, 7) is 0.812. The van der Waals surface area contributed by atoms with Gasteiger partial charge >= 0.3 is 0 Å². The Morgan fingerprint density at radius 3 is 3.00 bits per heavy atom. The van der Waals surface area contributed by atoms with Crippen molar-refractivity contribution >= 4 is 17.7 Å². The molecule has 1 heterocycles. The number of guanidine groups is 1. The molecule has 1 aliphatic carbocycles. The Morgan fingerprint density at radius 2 is 2.22 bits per heavy atom. The Bertz CT molecular complexity index is 468. The summed E-state index contributed by atoms with van der Waals surface area (Å²) in [4.78, 5) is 8.10. The predicted octanol–water partition coefficient (Wildman–Crippen LogP) is 2.28. The maximum Gasteiger partial charge on any atom is 0.191 e. The van der Waals surface area contributed by atoms with Crippen LogP contribution in [-0.4, -0.2) is 36.2 Å². The molecule has 1 saturated carbocycles. The lowest BCUT2D eigenvalue weighted by molar-refractivity contribution is 0.486. The van der Waals surface area contributed by atoms with Crippen LogP contribution in [0.1, 0.15) is 24.3 Å². The highest BCUT2D eigenvalue weighted by molar-refractivity contribution is 7.99. The van der Waals surface area contributed by atoms with Crippen LogP contribution in [0.4, 0.5) is 0 Å². The van der Waals surface area contributed by atoms with Crippen LogP contribution in [0, 0.1) is 0 Å². The van der Waals surface area contributed by atoms with E-state index in [9.17, 15) is 0 Å². The molecule has 2 N–H and O–H groups in total. The first-order chi connectivity index (χ1) is 8.75. The van der Waals surface area contributed by atoms with E-state index in [1.807, 2.05) is 18.8 Å². The number of hydrogen-bond acceptors (Lipinski definition) is 2. The van der Waals surface area contributed by atoms with Gasteiger partial charge in [0.05, 0.1) is 6.54 Å². The second kappa shape index (κ2) is 4.84. The molecule has 3 nitrogen and oxygen atoms in total. The van der Waals surface area contributed by atoms with E-state index in [1.165, 1.54) is 23.3 Å². The molecule has 2 aliphatic rings. The molecule has 0 amide bonds. The zero-order valence-electron chi connectivity index (χ0n) is 10.7. The fourth-order valence-electron chi connectivity index (χ4n) is 2.34. The average molecular weight is 261 g/mol. The van der Waals surface area contributed by atoms with Crippen molar-refractivity contribution in [1.29, 1.82) is 0 Å². The third kappa shape index (κ3) is 2.34. The van der Waals surface area contributed by atoms with Crippen LogP contribution in [0.2, 0.25) is 0 Å². The number of benzene rings is 1. The molecule has 1 aromatic carbocycles. The van der Waals surface area contributed by atoms with Gasteiger partial charge in [-0.05, 0) is 24.5 Å². The lowest BCUT2D eigenvalue weighted by atomic mass is 10.0. The number of aliphatic imine (C=N–C) groups is 1. The van der Waals surface area contributed by atoms with Crippen molar-refractivity contribution in [2.45, 2.75) is 29.7 Å². The summed E-state index contributed by atoms with van der Waals surface area (Å²) in [5.74, 6) is 2.35. The van der Waals surface area contributed by atoms with Gasteiger partial charge in [0.2, 0.25) is 0 Å². The van der Waals surface area contributed by atoms with Crippen LogP contribution >= 0.6 is 11.8 Å². The zero-order valence-corrected chi connectivity index (χ0v) is 11.5. The van der Waals surface area contributed by atoms with E-state index < -0.39 is 0 Å². The minimum Gasteiger partial charge on any atom is -0.370 e. The number of thioether (sulfide) groups is 1. The molecule has 4 heteroatoms. The van der Waals surface area contributed by atoms with Gasteiger partial charge in [-0.2, -0.15) is 0 Å². The standard InChI is InChI=1S/C14H19N3S/c1-17(11-6-7-11)14(15)16-8-10-9-18-13-5-3-2-4-12(10)13/h2-5,10-11H,6-9H2,1H3,(H2,15,16). The van der Waals surface area contributed by atoms with Crippen molar-refractivity contribution in [3.63, 3.8) is 0 Å². The van der Waals surface area contributed by atoms with Gasteiger partial charge in [0.15, 0.2) is 5.96 Å². The minimum absolute atomic E-state index is 0.525. The Labute approximate surface area is 112 Å². The molecule has 96 valence electrons. The highest BCUT2D eigenvalue weighted by Gasteiger charge is 2.28. The highest BCUT2D eigenvalue weighted by Crippen LogP contribution is 2.39. The normalized spacial score (nSPS) is 22.9. The molecule has 1 aliphatic heterocycles. The molecule has 3 rings (SSSR count). The van der Waals surface area contributed by atoms with Crippen LogP contribution in [0.3, 0.4) is 0 Å². The van der Waals surface area contributed by atoms with Crippen LogP contribution in [0.5, 0.6) is 0 Å². The number of nitrogens with zero attached hydrogens (tertiary/aromatic N) is 2. The predicted molar refractivity (Wildman–Crippen MR) is 77.2 cm³/mol. The number of nitrogens with two attached hydrogens (primary N) is 1. The lowest BCUT2D eigenvalue weighted by Gasteiger charge is -2.17. The molecule has 0 saturated heterocycles. The summed E-state index contributed by atoms with van der Waals surface area (Å²) < 4.78 is 0. The van der Waals surface area contributed by atoms with Gasteiger partial charge in [-0.25, -0.2) is 0 Å². The first kappa shape index (κ1) is 11.9. The van der Waals surface area contributed by atoms with Gasteiger partial charge in [-0.15, -0.1) is 11.8 Å². The van der Waals surface area contributed by atoms with Crippen LogP contribution < -0.4 is 5.73 Å². The molecule has 0 aromatic heterocycles. The van der Waals surface area contributed by atoms with E-state index in [1.54, 1.807) is 0 Å². The third-order valence-corrected chi connectivity index (χ3v) is 4.98. The molecule has 0 bridgehead atoms. The fourth-order valence-corrected chi connectivity index (χ4v) is 3.59. The number of rotatable bonds is 3. The number of fused-ring (bicyclic) bond motifs is 1. The van der Waals surface area contributed by atoms with Crippen LogP contribution in [0.25, 0.3) is 0 Å². The average Bonchev–Trinajstić information content (AvgIpc) is 3.16. The largest absolute Gasteiger partial charge is 0.370 e. The van der Waals surface area contributed by atoms with Gasteiger partial charge in [0, 0.05) is 29.7 Å². The van der Waals surface area contributed by atoms with E-state index in [2.05, 4.69) is 34.2 Å².